The Bertz CT molecular complexity index is 800. The van der Waals surface area contributed by atoms with Gasteiger partial charge in [-0.1, -0.05) is 37.3 Å². The lowest BCUT2D eigenvalue weighted by Crippen LogP contribution is -2.34. The van der Waals surface area contributed by atoms with Crippen LogP contribution in [0.15, 0.2) is 65.7 Å². The Morgan fingerprint density at radius 3 is 2.55 bits per heavy atom. The minimum Gasteiger partial charge on any atom is -0.492 e. The van der Waals surface area contributed by atoms with Gasteiger partial charge in [0.1, 0.15) is 11.5 Å². The molecule has 0 bridgehead atoms. The van der Waals surface area contributed by atoms with Gasteiger partial charge in [-0.3, -0.25) is 4.39 Å². The van der Waals surface area contributed by atoms with Crippen LogP contribution in [0.25, 0.3) is 0 Å². The van der Waals surface area contributed by atoms with Gasteiger partial charge < -0.3 is 15.2 Å². The third-order valence-corrected chi connectivity index (χ3v) is 4.53. The van der Waals surface area contributed by atoms with Crippen LogP contribution in [0.3, 0.4) is 0 Å². The summed E-state index contributed by atoms with van der Waals surface area (Å²) >= 11 is 0. The molecule has 2 N–H and O–H groups in total. The zero-order valence-corrected chi connectivity index (χ0v) is 15.9. The minimum atomic E-state index is -4.91. The predicted octanol–water partition coefficient (Wildman–Crippen LogP) is 5.00. The average molecular weight is 413 g/mol. The largest absolute Gasteiger partial charge is 0.492 e. The van der Waals surface area contributed by atoms with Gasteiger partial charge in [0.25, 0.3) is 0 Å². The van der Waals surface area contributed by atoms with Crippen LogP contribution < -0.4 is 5.32 Å². The van der Waals surface area contributed by atoms with Crippen LogP contribution in [0.1, 0.15) is 31.7 Å². The number of rotatable bonds is 9. The van der Waals surface area contributed by atoms with Gasteiger partial charge in [0.15, 0.2) is 0 Å². The predicted molar refractivity (Wildman–Crippen MR) is 101 cm³/mol. The molecule has 1 aliphatic carbocycles. The van der Waals surface area contributed by atoms with Crippen LogP contribution >= 0.6 is 0 Å². The fourth-order valence-corrected chi connectivity index (χ4v) is 3.15. The zero-order valence-electron chi connectivity index (χ0n) is 15.9. The second-order valence-corrected chi connectivity index (χ2v) is 6.66. The van der Waals surface area contributed by atoms with Crippen molar-refractivity contribution in [2.24, 2.45) is 0 Å². The molecule has 1 aromatic carbocycles. The van der Waals surface area contributed by atoms with Crippen LogP contribution in [0, 0.1) is 0 Å². The summed E-state index contributed by atoms with van der Waals surface area (Å²) in [5, 5.41) is 11.0. The molecule has 1 aromatic rings. The number of allylic oxidation sites excluding steroid dienone is 3. The maximum atomic E-state index is 13.4. The number of halogens is 4. The smallest absolute Gasteiger partial charge is 0.431 e. The van der Waals surface area contributed by atoms with Gasteiger partial charge in [-0.15, -0.1) is 0 Å². The zero-order chi connectivity index (χ0) is 21.5. The second kappa shape index (κ2) is 9.62. The van der Waals surface area contributed by atoms with Crippen molar-refractivity contribution >= 4 is 5.97 Å². The lowest BCUT2D eigenvalue weighted by atomic mass is 9.72. The number of ether oxygens (including phenoxy) is 1. The Morgan fingerprint density at radius 1 is 1.31 bits per heavy atom. The molecule has 158 valence electrons. The summed E-state index contributed by atoms with van der Waals surface area (Å²) in [6.45, 7) is 1.45. The Kier molecular flexibility index (Phi) is 7.47. The van der Waals surface area contributed by atoms with Crippen LogP contribution in [-0.2, 0) is 14.9 Å². The maximum absolute atomic E-state index is 13.4. The first-order chi connectivity index (χ1) is 13.7. The van der Waals surface area contributed by atoms with E-state index in [4.69, 9.17) is 9.84 Å². The Morgan fingerprint density at radius 2 is 2.00 bits per heavy atom. The van der Waals surface area contributed by atoms with Gasteiger partial charge in [-0.25, -0.2) is 4.79 Å². The number of carboxylic acid groups (broad SMARTS) is 1. The number of benzene rings is 1. The van der Waals surface area contributed by atoms with Crippen molar-refractivity contribution in [2.75, 3.05) is 13.3 Å². The first kappa shape index (κ1) is 22.5. The van der Waals surface area contributed by atoms with Crippen molar-refractivity contribution < 1.29 is 32.2 Å². The molecule has 0 saturated heterocycles. The first-order valence-electron chi connectivity index (χ1n) is 9.18. The van der Waals surface area contributed by atoms with E-state index >= 15 is 0 Å². The summed E-state index contributed by atoms with van der Waals surface area (Å²) in [7, 11) is 0. The molecule has 1 unspecified atom stereocenters. The van der Waals surface area contributed by atoms with E-state index in [2.05, 4.69) is 5.32 Å². The van der Waals surface area contributed by atoms with Gasteiger partial charge in [0.05, 0.1) is 25.1 Å². The fraction of sp³-hybridized carbons (Fsp3) is 0.381. The molecule has 0 spiro atoms. The van der Waals surface area contributed by atoms with Crippen LogP contribution in [-0.4, -0.2) is 30.5 Å². The van der Waals surface area contributed by atoms with Crippen molar-refractivity contribution in [3.8, 4) is 0 Å². The number of carbonyl (C=O) groups is 1. The standard InChI is InChI=1S/C21H23F4NO3/c1-2-12-29-17-8-9-20(10-11-22,15-6-4-3-5-7-15)14-16(17)26-18(13-19(27)28)21(23,24)25/h3-8,13-14,26H,2,9-12H2,1H3,(H,27,28). The molecule has 0 amide bonds. The van der Waals surface area contributed by atoms with Gasteiger partial charge >= 0.3 is 12.1 Å². The quantitative estimate of drug-likeness (QED) is 0.442. The van der Waals surface area contributed by atoms with Crippen molar-refractivity contribution in [3.05, 3.63) is 71.3 Å². The Hall–Kier alpha value is -2.77. The van der Waals surface area contributed by atoms with Gasteiger partial charge in [0.2, 0.25) is 0 Å². The molecule has 29 heavy (non-hydrogen) atoms. The van der Waals surface area contributed by atoms with E-state index in [-0.39, 0.29) is 30.6 Å². The third kappa shape index (κ3) is 5.85. The summed E-state index contributed by atoms with van der Waals surface area (Å²) < 4.78 is 59.0. The number of carboxylic acids is 1. The molecule has 0 saturated carbocycles. The number of aliphatic carboxylic acids is 1. The highest BCUT2D eigenvalue weighted by Gasteiger charge is 2.38. The number of hydrogen-bond acceptors (Lipinski definition) is 3. The maximum Gasteiger partial charge on any atom is 0.431 e. The molecule has 4 nitrogen and oxygen atoms in total. The average Bonchev–Trinajstić information content (AvgIpc) is 2.67. The first-order valence-corrected chi connectivity index (χ1v) is 9.18. The number of alkyl halides is 4. The van der Waals surface area contributed by atoms with E-state index in [0.29, 0.717) is 12.8 Å². The molecular weight excluding hydrogens is 390 g/mol. The molecular formula is C21H23F4NO3. The summed E-state index contributed by atoms with van der Waals surface area (Å²) in [5.74, 6) is -1.56. The SMILES string of the molecule is CCCOC1=CCC(CCF)(c2ccccc2)C=C1NC(=CC(=O)O)C(F)(F)F. The Balaban J connectivity index is 2.53. The van der Waals surface area contributed by atoms with E-state index in [1.54, 1.807) is 36.4 Å². The highest BCUT2D eigenvalue weighted by Crippen LogP contribution is 2.40. The van der Waals surface area contributed by atoms with E-state index < -0.39 is 29.9 Å². The molecule has 1 atom stereocenters. The molecule has 0 fully saturated rings. The van der Waals surface area contributed by atoms with Crippen LogP contribution in [0.5, 0.6) is 0 Å². The van der Waals surface area contributed by atoms with E-state index in [0.717, 1.165) is 5.56 Å². The van der Waals surface area contributed by atoms with E-state index in [1.807, 2.05) is 6.92 Å². The summed E-state index contributed by atoms with van der Waals surface area (Å²) in [5.41, 5.74) is -1.60. The highest BCUT2D eigenvalue weighted by atomic mass is 19.4. The fourth-order valence-electron chi connectivity index (χ4n) is 3.15. The topological polar surface area (TPSA) is 58.6 Å². The molecule has 0 aliphatic heterocycles. The molecule has 0 radical (unpaired) electrons. The molecule has 0 heterocycles. The van der Waals surface area contributed by atoms with Gasteiger partial charge in [-0.2, -0.15) is 13.2 Å². The van der Waals surface area contributed by atoms with E-state index in [1.165, 1.54) is 6.08 Å². The van der Waals surface area contributed by atoms with Crippen LogP contribution in [0.2, 0.25) is 0 Å². The normalized spacial score (nSPS) is 20.0. The summed E-state index contributed by atoms with van der Waals surface area (Å²) in [4.78, 5) is 10.9. The third-order valence-electron chi connectivity index (χ3n) is 4.53. The van der Waals surface area contributed by atoms with Crippen molar-refractivity contribution in [2.45, 2.75) is 37.8 Å². The molecule has 8 heteroatoms. The van der Waals surface area contributed by atoms with Crippen LogP contribution in [0.4, 0.5) is 17.6 Å². The monoisotopic (exact) mass is 413 g/mol. The lowest BCUT2D eigenvalue weighted by molar-refractivity contribution is -0.132. The summed E-state index contributed by atoms with van der Waals surface area (Å²) in [6, 6.07) is 8.91. The molecule has 2 rings (SSSR count). The van der Waals surface area contributed by atoms with E-state index in [9.17, 15) is 22.4 Å². The Labute approximate surface area is 166 Å². The second-order valence-electron chi connectivity index (χ2n) is 6.66. The molecule has 1 aliphatic rings. The van der Waals surface area contributed by atoms with Crippen molar-refractivity contribution in [1.82, 2.24) is 5.32 Å². The van der Waals surface area contributed by atoms with Gasteiger partial charge in [-0.05, 0) is 37.0 Å². The lowest BCUT2D eigenvalue weighted by Gasteiger charge is -2.35. The van der Waals surface area contributed by atoms with Crippen molar-refractivity contribution in [3.63, 3.8) is 0 Å². The minimum absolute atomic E-state index is 0.0353. The van der Waals surface area contributed by atoms with Crippen molar-refractivity contribution in [1.29, 1.82) is 0 Å². The molecule has 0 aromatic heterocycles. The highest BCUT2D eigenvalue weighted by molar-refractivity contribution is 5.81. The summed E-state index contributed by atoms with van der Waals surface area (Å²) in [6.07, 6.45) is -0.688. The number of nitrogens with one attached hydrogen (secondary N) is 1. The number of hydrogen-bond donors (Lipinski definition) is 2. The van der Waals surface area contributed by atoms with Gasteiger partial charge in [0, 0.05) is 5.41 Å².